The van der Waals surface area contributed by atoms with E-state index in [9.17, 15) is 0 Å². The molecule has 1 saturated carbocycles. The Labute approximate surface area is 112 Å². The first-order chi connectivity index (χ1) is 8.59. The van der Waals surface area contributed by atoms with Crippen LogP contribution in [0.3, 0.4) is 0 Å². The molecule has 18 heavy (non-hydrogen) atoms. The van der Waals surface area contributed by atoms with Crippen molar-refractivity contribution in [3.63, 3.8) is 0 Å². The standard InChI is InChI=1S/C15H30N2O/c1-12(2)14-5-4-6-15(9-14,11-16)17-7-8-18-10-13(17)3/h12-14H,4-11,16H2,1-3H3. The van der Waals surface area contributed by atoms with Gasteiger partial charge in [-0.3, -0.25) is 4.90 Å². The molecule has 3 atom stereocenters. The van der Waals surface area contributed by atoms with E-state index in [-0.39, 0.29) is 5.54 Å². The number of nitrogens with two attached hydrogens (primary N) is 1. The lowest BCUT2D eigenvalue weighted by atomic mass is 9.70. The molecule has 0 radical (unpaired) electrons. The fraction of sp³-hybridized carbons (Fsp3) is 1.00. The van der Waals surface area contributed by atoms with Crippen molar-refractivity contribution in [3.8, 4) is 0 Å². The Hall–Kier alpha value is -0.120. The lowest BCUT2D eigenvalue weighted by Gasteiger charge is -2.52. The summed E-state index contributed by atoms with van der Waals surface area (Å²) in [6, 6.07) is 0.521. The summed E-state index contributed by atoms with van der Waals surface area (Å²) < 4.78 is 5.58. The lowest BCUT2D eigenvalue weighted by molar-refractivity contribution is -0.0781. The van der Waals surface area contributed by atoms with Gasteiger partial charge in [0.05, 0.1) is 13.2 Å². The predicted octanol–water partition coefficient (Wildman–Crippen LogP) is 2.25. The van der Waals surface area contributed by atoms with Gasteiger partial charge < -0.3 is 10.5 Å². The molecule has 3 nitrogen and oxygen atoms in total. The van der Waals surface area contributed by atoms with Crippen molar-refractivity contribution < 1.29 is 4.74 Å². The molecule has 0 amide bonds. The minimum Gasteiger partial charge on any atom is -0.379 e. The average molecular weight is 254 g/mol. The van der Waals surface area contributed by atoms with Crippen molar-refractivity contribution in [1.82, 2.24) is 4.90 Å². The molecule has 0 aromatic heterocycles. The molecule has 0 bridgehead atoms. The van der Waals surface area contributed by atoms with E-state index in [2.05, 4.69) is 25.7 Å². The Bertz CT molecular complexity index is 269. The maximum Gasteiger partial charge on any atom is 0.0620 e. The number of hydrogen-bond acceptors (Lipinski definition) is 3. The van der Waals surface area contributed by atoms with Gasteiger partial charge in [0.1, 0.15) is 0 Å². The van der Waals surface area contributed by atoms with Crippen LogP contribution in [0.25, 0.3) is 0 Å². The fourth-order valence-electron chi connectivity index (χ4n) is 3.95. The predicted molar refractivity (Wildman–Crippen MR) is 75.6 cm³/mol. The number of ether oxygens (including phenoxy) is 1. The van der Waals surface area contributed by atoms with Crippen LogP contribution in [0.5, 0.6) is 0 Å². The molecule has 0 aromatic rings. The lowest BCUT2D eigenvalue weighted by Crippen LogP contribution is -2.62. The van der Waals surface area contributed by atoms with E-state index >= 15 is 0 Å². The average Bonchev–Trinajstić information content (AvgIpc) is 2.39. The highest BCUT2D eigenvalue weighted by Crippen LogP contribution is 2.40. The van der Waals surface area contributed by atoms with Crippen LogP contribution in [0.1, 0.15) is 46.5 Å². The van der Waals surface area contributed by atoms with E-state index in [4.69, 9.17) is 10.5 Å². The molecular formula is C15H30N2O. The minimum atomic E-state index is 0.246. The summed E-state index contributed by atoms with van der Waals surface area (Å²) in [5.74, 6) is 1.63. The van der Waals surface area contributed by atoms with Crippen molar-refractivity contribution in [1.29, 1.82) is 0 Å². The van der Waals surface area contributed by atoms with Crippen LogP contribution < -0.4 is 5.73 Å². The van der Waals surface area contributed by atoms with E-state index < -0.39 is 0 Å². The Morgan fingerprint density at radius 1 is 1.44 bits per heavy atom. The van der Waals surface area contributed by atoms with Gasteiger partial charge in [0.25, 0.3) is 0 Å². The second kappa shape index (κ2) is 5.89. The minimum absolute atomic E-state index is 0.246. The number of nitrogens with zero attached hydrogens (tertiary/aromatic N) is 1. The molecule has 106 valence electrons. The van der Waals surface area contributed by atoms with Crippen molar-refractivity contribution >= 4 is 0 Å². The Kier molecular flexibility index (Phi) is 4.68. The van der Waals surface area contributed by atoms with Crippen molar-refractivity contribution in [3.05, 3.63) is 0 Å². The molecule has 1 saturated heterocycles. The Balaban J connectivity index is 2.13. The number of morpholine rings is 1. The monoisotopic (exact) mass is 254 g/mol. The molecule has 2 N–H and O–H groups in total. The van der Waals surface area contributed by atoms with Gasteiger partial charge in [-0.25, -0.2) is 0 Å². The molecule has 3 unspecified atom stereocenters. The third-order valence-electron chi connectivity index (χ3n) is 5.16. The highest BCUT2D eigenvalue weighted by Gasteiger charge is 2.43. The highest BCUT2D eigenvalue weighted by molar-refractivity contribution is 4.99. The quantitative estimate of drug-likeness (QED) is 0.839. The zero-order valence-corrected chi connectivity index (χ0v) is 12.3. The van der Waals surface area contributed by atoms with Gasteiger partial charge in [-0.05, 0) is 31.6 Å². The fourth-order valence-corrected chi connectivity index (χ4v) is 3.95. The van der Waals surface area contributed by atoms with Gasteiger partial charge in [0.2, 0.25) is 0 Å². The van der Waals surface area contributed by atoms with E-state index in [1.54, 1.807) is 0 Å². The van der Waals surface area contributed by atoms with Gasteiger partial charge in [-0.2, -0.15) is 0 Å². The number of hydrogen-bond donors (Lipinski definition) is 1. The molecule has 1 aliphatic carbocycles. The van der Waals surface area contributed by atoms with E-state index in [1.165, 1.54) is 25.7 Å². The number of rotatable bonds is 3. The smallest absolute Gasteiger partial charge is 0.0620 e. The first-order valence-electron chi connectivity index (χ1n) is 7.63. The maximum atomic E-state index is 6.21. The summed E-state index contributed by atoms with van der Waals surface area (Å²) in [5.41, 5.74) is 6.46. The van der Waals surface area contributed by atoms with E-state index in [0.29, 0.717) is 6.04 Å². The van der Waals surface area contributed by atoms with Gasteiger partial charge >= 0.3 is 0 Å². The largest absolute Gasteiger partial charge is 0.379 e. The topological polar surface area (TPSA) is 38.5 Å². The van der Waals surface area contributed by atoms with Gasteiger partial charge in [-0.1, -0.05) is 26.7 Å². The summed E-state index contributed by atoms with van der Waals surface area (Å²) in [7, 11) is 0. The van der Waals surface area contributed by atoms with Crippen molar-refractivity contribution in [2.24, 2.45) is 17.6 Å². The second-order valence-electron chi connectivity index (χ2n) is 6.65. The summed E-state index contributed by atoms with van der Waals surface area (Å²) >= 11 is 0. The molecule has 1 aliphatic heterocycles. The van der Waals surface area contributed by atoms with Gasteiger partial charge in [0, 0.05) is 24.7 Å². The van der Waals surface area contributed by atoms with Crippen LogP contribution in [-0.4, -0.2) is 42.8 Å². The zero-order valence-electron chi connectivity index (χ0n) is 12.3. The van der Waals surface area contributed by atoms with E-state index in [1.807, 2.05) is 0 Å². The van der Waals surface area contributed by atoms with Crippen LogP contribution in [-0.2, 0) is 4.74 Å². The molecule has 1 heterocycles. The molecule has 3 heteroatoms. The normalized spacial score (nSPS) is 39.2. The molecule has 0 spiro atoms. The summed E-state index contributed by atoms with van der Waals surface area (Å²) in [6.07, 6.45) is 5.28. The second-order valence-corrected chi connectivity index (χ2v) is 6.65. The van der Waals surface area contributed by atoms with Crippen LogP contribution in [0.2, 0.25) is 0 Å². The SMILES string of the molecule is CC(C)C1CCCC(CN)(N2CCOCC2C)C1. The molecule has 2 aliphatic rings. The zero-order chi connectivity index (χ0) is 13.2. The van der Waals surface area contributed by atoms with Crippen LogP contribution in [0.4, 0.5) is 0 Å². The van der Waals surface area contributed by atoms with E-state index in [0.717, 1.165) is 38.1 Å². The Morgan fingerprint density at radius 2 is 2.22 bits per heavy atom. The summed E-state index contributed by atoms with van der Waals surface area (Å²) in [4.78, 5) is 2.66. The molecule has 2 rings (SSSR count). The molecular weight excluding hydrogens is 224 g/mol. The summed E-state index contributed by atoms with van der Waals surface area (Å²) in [5, 5.41) is 0. The van der Waals surface area contributed by atoms with Gasteiger partial charge in [0.15, 0.2) is 0 Å². The molecule has 2 fully saturated rings. The summed E-state index contributed by atoms with van der Waals surface area (Å²) in [6.45, 7) is 10.6. The first-order valence-corrected chi connectivity index (χ1v) is 7.63. The van der Waals surface area contributed by atoms with Crippen LogP contribution in [0, 0.1) is 11.8 Å². The van der Waals surface area contributed by atoms with Crippen LogP contribution >= 0.6 is 0 Å². The Morgan fingerprint density at radius 3 is 2.83 bits per heavy atom. The van der Waals surface area contributed by atoms with Gasteiger partial charge in [-0.15, -0.1) is 0 Å². The first kappa shape index (κ1) is 14.3. The van der Waals surface area contributed by atoms with Crippen molar-refractivity contribution in [2.75, 3.05) is 26.3 Å². The maximum absolute atomic E-state index is 6.21. The van der Waals surface area contributed by atoms with Crippen LogP contribution in [0.15, 0.2) is 0 Å². The molecule has 0 aromatic carbocycles. The third kappa shape index (κ3) is 2.73. The van der Waals surface area contributed by atoms with Crippen molar-refractivity contribution in [2.45, 2.75) is 58.0 Å². The third-order valence-corrected chi connectivity index (χ3v) is 5.16. The highest BCUT2D eigenvalue weighted by atomic mass is 16.5.